The molecule has 1 heterocycles. The zero-order valence-electron chi connectivity index (χ0n) is 10.6. The smallest absolute Gasteiger partial charge is 0.126 e. The van der Waals surface area contributed by atoms with Crippen molar-refractivity contribution in [2.45, 2.75) is 19.3 Å². The fourth-order valence-corrected chi connectivity index (χ4v) is 2.32. The summed E-state index contributed by atoms with van der Waals surface area (Å²) >= 11 is 0. The first-order valence-electron chi connectivity index (χ1n) is 6.51. The molecule has 1 fully saturated rings. The van der Waals surface area contributed by atoms with Crippen LogP contribution in [0.15, 0.2) is 24.3 Å². The SMILES string of the molecule is Cl.Fc1ccccc1CCNCC1CCNCC1. The molecule has 18 heavy (non-hydrogen) atoms. The fourth-order valence-electron chi connectivity index (χ4n) is 2.32. The Labute approximate surface area is 115 Å². The van der Waals surface area contributed by atoms with Gasteiger partial charge in [-0.25, -0.2) is 4.39 Å². The summed E-state index contributed by atoms with van der Waals surface area (Å²) < 4.78 is 13.3. The van der Waals surface area contributed by atoms with Gasteiger partial charge in [-0.3, -0.25) is 0 Å². The van der Waals surface area contributed by atoms with E-state index in [4.69, 9.17) is 0 Å². The van der Waals surface area contributed by atoms with Crippen LogP contribution in [0.25, 0.3) is 0 Å². The van der Waals surface area contributed by atoms with Gasteiger partial charge in [-0.15, -0.1) is 12.4 Å². The third-order valence-electron chi connectivity index (χ3n) is 3.42. The van der Waals surface area contributed by atoms with E-state index in [1.54, 1.807) is 6.07 Å². The van der Waals surface area contributed by atoms with E-state index in [9.17, 15) is 4.39 Å². The molecule has 1 aliphatic rings. The van der Waals surface area contributed by atoms with E-state index < -0.39 is 0 Å². The van der Waals surface area contributed by atoms with Gasteiger partial charge in [-0.05, 0) is 63.0 Å². The third kappa shape index (κ3) is 4.92. The van der Waals surface area contributed by atoms with Crippen molar-refractivity contribution < 1.29 is 4.39 Å². The van der Waals surface area contributed by atoms with Crippen molar-refractivity contribution in [3.05, 3.63) is 35.6 Å². The molecule has 1 saturated heterocycles. The van der Waals surface area contributed by atoms with Crippen LogP contribution < -0.4 is 10.6 Å². The highest BCUT2D eigenvalue weighted by molar-refractivity contribution is 5.85. The van der Waals surface area contributed by atoms with Gasteiger partial charge in [-0.2, -0.15) is 0 Å². The van der Waals surface area contributed by atoms with Gasteiger partial charge < -0.3 is 10.6 Å². The first kappa shape index (κ1) is 15.4. The molecule has 4 heteroatoms. The summed E-state index contributed by atoms with van der Waals surface area (Å²) in [6.07, 6.45) is 3.29. The summed E-state index contributed by atoms with van der Waals surface area (Å²) in [7, 11) is 0. The molecule has 1 aliphatic heterocycles. The monoisotopic (exact) mass is 272 g/mol. The zero-order valence-corrected chi connectivity index (χ0v) is 11.4. The lowest BCUT2D eigenvalue weighted by atomic mass is 9.98. The highest BCUT2D eigenvalue weighted by Crippen LogP contribution is 2.10. The molecular formula is C14H22ClFN2. The topological polar surface area (TPSA) is 24.1 Å². The van der Waals surface area contributed by atoms with E-state index in [1.165, 1.54) is 18.9 Å². The Kier molecular flexibility index (Phi) is 7.25. The van der Waals surface area contributed by atoms with Crippen molar-refractivity contribution in [3.8, 4) is 0 Å². The normalized spacial score (nSPS) is 16.3. The lowest BCUT2D eigenvalue weighted by molar-refractivity contribution is 0.357. The van der Waals surface area contributed by atoms with Gasteiger partial charge >= 0.3 is 0 Å². The standard InChI is InChI=1S/C14H21FN2.ClH/c15-14-4-2-1-3-13(14)7-10-17-11-12-5-8-16-9-6-12;/h1-4,12,16-17H,5-11H2;1H. The van der Waals surface area contributed by atoms with E-state index in [0.29, 0.717) is 0 Å². The molecule has 0 unspecified atom stereocenters. The van der Waals surface area contributed by atoms with Gasteiger partial charge in [0.2, 0.25) is 0 Å². The summed E-state index contributed by atoms with van der Waals surface area (Å²) in [4.78, 5) is 0. The molecule has 2 nitrogen and oxygen atoms in total. The maximum Gasteiger partial charge on any atom is 0.126 e. The van der Waals surface area contributed by atoms with Crippen LogP contribution in [0.3, 0.4) is 0 Å². The molecule has 0 aliphatic carbocycles. The number of hydrogen-bond acceptors (Lipinski definition) is 2. The maximum absolute atomic E-state index is 13.3. The van der Waals surface area contributed by atoms with Crippen molar-refractivity contribution in [1.82, 2.24) is 10.6 Å². The number of nitrogens with one attached hydrogen (secondary N) is 2. The van der Waals surface area contributed by atoms with E-state index in [2.05, 4.69) is 10.6 Å². The fraction of sp³-hybridized carbons (Fsp3) is 0.571. The van der Waals surface area contributed by atoms with Crippen LogP contribution in [0, 0.1) is 11.7 Å². The molecule has 0 atom stereocenters. The molecule has 2 rings (SSSR count). The van der Waals surface area contributed by atoms with Gasteiger partial charge in [0, 0.05) is 0 Å². The Balaban J connectivity index is 0.00000162. The van der Waals surface area contributed by atoms with Crippen molar-refractivity contribution in [2.75, 3.05) is 26.2 Å². The van der Waals surface area contributed by atoms with E-state index in [0.717, 1.165) is 44.1 Å². The minimum atomic E-state index is -0.0869. The van der Waals surface area contributed by atoms with Crippen LogP contribution in [-0.4, -0.2) is 26.2 Å². The number of piperidine rings is 1. The number of benzene rings is 1. The minimum Gasteiger partial charge on any atom is -0.317 e. The Hall–Kier alpha value is -0.640. The number of rotatable bonds is 5. The Bertz CT molecular complexity index is 340. The first-order chi connectivity index (χ1) is 8.36. The highest BCUT2D eigenvalue weighted by atomic mass is 35.5. The summed E-state index contributed by atoms with van der Waals surface area (Å²) in [5.74, 6) is 0.702. The Morgan fingerprint density at radius 3 is 2.67 bits per heavy atom. The Morgan fingerprint density at radius 2 is 1.94 bits per heavy atom. The van der Waals surface area contributed by atoms with Gasteiger partial charge in [-0.1, -0.05) is 18.2 Å². The molecule has 102 valence electrons. The summed E-state index contributed by atoms with van der Waals surface area (Å²) in [6.45, 7) is 4.21. The molecular weight excluding hydrogens is 251 g/mol. The molecule has 2 N–H and O–H groups in total. The van der Waals surface area contributed by atoms with Crippen molar-refractivity contribution >= 4 is 12.4 Å². The maximum atomic E-state index is 13.3. The van der Waals surface area contributed by atoms with Crippen LogP contribution in [-0.2, 0) is 6.42 Å². The third-order valence-corrected chi connectivity index (χ3v) is 3.42. The van der Waals surface area contributed by atoms with Crippen LogP contribution in [0.4, 0.5) is 4.39 Å². The summed E-state index contributed by atoms with van der Waals surface area (Å²) in [5.41, 5.74) is 0.810. The average molecular weight is 273 g/mol. The van der Waals surface area contributed by atoms with Crippen LogP contribution in [0.5, 0.6) is 0 Å². The van der Waals surface area contributed by atoms with E-state index >= 15 is 0 Å². The molecule has 1 aromatic rings. The quantitative estimate of drug-likeness (QED) is 0.805. The lowest BCUT2D eigenvalue weighted by Crippen LogP contribution is -2.34. The second-order valence-electron chi connectivity index (χ2n) is 4.74. The van der Waals surface area contributed by atoms with Gasteiger partial charge in [0.15, 0.2) is 0 Å². The van der Waals surface area contributed by atoms with Crippen LogP contribution in [0.2, 0.25) is 0 Å². The second kappa shape index (κ2) is 8.46. The minimum absolute atomic E-state index is 0. The highest BCUT2D eigenvalue weighted by Gasteiger charge is 2.11. The number of hydrogen-bond donors (Lipinski definition) is 2. The van der Waals surface area contributed by atoms with Crippen molar-refractivity contribution in [2.24, 2.45) is 5.92 Å². The molecule has 0 saturated carbocycles. The summed E-state index contributed by atoms with van der Waals surface area (Å²) in [5, 5.41) is 6.80. The van der Waals surface area contributed by atoms with Crippen molar-refractivity contribution in [1.29, 1.82) is 0 Å². The van der Waals surface area contributed by atoms with Gasteiger partial charge in [0.25, 0.3) is 0 Å². The lowest BCUT2D eigenvalue weighted by Gasteiger charge is -2.22. The predicted octanol–water partition coefficient (Wildman–Crippen LogP) is 2.38. The Morgan fingerprint density at radius 1 is 1.22 bits per heavy atom. The molecule has 0 radical (unpaired) electrons. The summed E-state index contributed by atoms with van der Waals surface area (Å²) in [6, 6.07) is 7.02. The van der Waals surface area contributed by atoms with Crippen LogP contribution in [0.1, 0.15) is 18.4 Å². The van der Waals surface area contributed by atoms with Gasteiger partial charge in [0.1, 0.15) is 5.82 Å². The molecule has 0 spiro atoms. The molecule has 0 bridgehead atoms. The zero-order chi connectivity index (χ0) is 11.9. The number of halogens is 2. The first-order valence-corrected chi connectivity index (χ1v) is 6.51. The largest absolute Gasteiger partial charge is 0.317 e. The van der Waals surface area contributed by atoms with E-state index in [-0.39, 0.29) is 18.2 Å². The predicted molar refractivity (Wildman–Crippen MR) is 75.8 cm³/mol. The average Bonchev–Trinajstić information content (AvgIpc) is 2.38. The van der Waals surface area contributed by atoms with Gasteiger partial charge in [0.05, 0.1) is 0 Å². The van der Waals surface area contributed by atoms with Crippen molar-refractivity contribution in [3.63, 3.8) is 0 Å². The van der Waals surface area contributed by atoms with Crippen LogP contribution >= 0.6 is 12.4 Å². The molecule has 1 aromatic carbocycles. The molecule has 0 aromatic heterocycles. The second-order valence-corrected chi connectivity index (χ2v) is 4.74. The van der Waals surface area contributed by atoms with E-state index in [1.807, 2.05) is 12.1 Å². The molecule has 0 amide bonds.